The Morgan fingerprint density at radius 2 is 1.89 bits per heavy atom. The van der Waals surface area contributed by atoms with Crippen molar-refractivity contribution in [1.29, 1.82) is 0 Å². The number of hydrogen-bond donors (Lipinski definition) is 2. The predicted octanol–water partition coefficient (Wildman–Crippen LogP) is 3.99. The molecule has 0 bridgehead atoms. The standard InChI is InChI=1S/C13H19BrN2O.ClH/c1-7(2)9(4)13(17)16-11-6-10(14)5-8(3)12(11)15;/h5-7,9H,15H2,1-4H3,(H,16,17);1H. The summed E-state index contributed by atoms with van der Waals surface area (Å²) < 4.78 is 0.914. The summed E-state index contributed by atoms with van der Waals surface area (Å²) in [6.45, 7) is 7.89. The lowest BCUT2D eigenvalue weighted by Gasteiger charge is -2.17. The molecule has 0 aliphatic carbocycles. The molecule has 102 valence electrons. The molecule has 3 N–H and O–H groups in total. The monoisotopic (exact) mass is 334 g/mol. The van der Waals surface area contributed by atoms with Crippen LogP contribution in [0.25, 0.3) is 0 Å². The van der Waals surface area contributed by atoms with Crippen molar-refractivity contribution in [2.75, 3.05) is 11.1 Å². The van der Waals surface area contributed by atoms with Gasteiger partial charge in [-0.15, -0.1) is 12.4 Å². The van der Waals surface area contributed by atoms with Gasteiger partial charge in [-0.1, -0.05) is 36.7 Å². The molecule has 3 nitrogen and oxygen atoms in total. The number of amides is 1. The van der Waals surface area contributed by atoms with E-state index in [1.54, 1.807) is 0 Å². The van der Waals surface area contributed by atoms with E-state index in [0.717, 1.165) is 10.0 Å². The van der Waals surface area contributed by atoms with Gasteiger partial charge >= 0.3 is 0 Å². The highest BCUT2D eigenvalue weighted by Crippen LogP contribution is 2.28. The Hall–Kier alpha value is -0.740. The Morgan fingerprint density at radius 3 is 2.39 bits per heavy atom. The average molecular weight is 336 g/mol. The van der Waals surface area contributed by atoms with Crippen LogP contribution in [0, 0.1) is 18.8 Å². The summed E-state index contributed by atoms with van der Waals surface area (Å²) in [5.74, 6) is 0.280. The number of rotatable bonds is 3. The number of benzene rings is 1. The lowest BCUT2D eigenvalue weighted by molar-refractivity contribution is -0.120. The van der Waals surface area contributed by atoms with Crippen molar-refractivity contribution in [3.63, 3.8) is 0 Å². The predicted molar refractivity (Wildman–Crippen MR) is 83.2 cm³/mol. The Bertz CT molecular complexity index is 435. The summed E-state index contributed by atoms with van der Waals surface area (Å²) in [6.07, 6.45) is 0. The zero-order valence-corrected chi connectivity index (χ0v) is 13.5. The molecule has 1 rings (SSSR count). The van der Waals surface area contributed by atoms with Crippen LogP contribution in [0.15, 0.2) is 16.6 Å². The number of nitrogen functional groups attached to an aromatic ring is 1. The van der Waals surface area contributed by atoms with E-state index < -0.39 is 0 Å². The lowest BCUT2D eigenvalue weighted by Crippen LogP contribution is -2.24. The highest BCUT2D eigenvalue weighted by molar-refractivity contribution is 9.10. The molecule has 1 amide bonds. The van der Waals surface area contributed by atoms with E-state index in [1.807, 2.05) is 39.8 Å². The minimum absolute atomic E-state index is 0. The lowest BCUT2D eigenvalue weighted by atomic mass is 9.97. The number of halogens is 2. The summed E-state index contributed by atoms with van der Waals surface area (Å²) in [4.78, 5) is 11.9. The number of anilines is 2. The van der Waals surface area contributed by atoms with E-state index >= 15 is 0 Å². The molecule has 18 heavy (non-hydrogen) atoms. The minimum Gasteiger partial charge on any atom is -0.397 e. The number of nitrogens with two attached hydrogens (primary N) is 1. The number of nitrogens with one attached hydrogen (secondary N) is 1. The van der Waals surface area contributed by atoms with Crippen molar-refractivity contribution in [3.8, 4) is 0 Å². The molecule has 1 aromatic rings. The van der Waals surface area contributed by atoms with E-state index in [0.29, 0.717) is 17.3 Å². The molecule has 1 unspecified atom stereocenters. The van der Waals surface area contributed by atoms with E-state index in [9.17, 15) is 4.79 Å². The van der Waals surface area contributed by atoms with Crippen LogP contribution >= 0.6 is 28.3 Å². The Labute approximate surface area is 123 Å². The van der Waals surface area contributed by atoms with Gasteiger partial charge in [0.15, 0.2) is 0 Å². The van der Waals surface area contributed by atoms with Crippen LogP contribution in [0.1, 0.15) is 26.3 Å². The number of hydrogen-bond acceptors (Lipinski definition) is 2. The van der Waals surface area contributed by atoms with Gasteiger partial charge in [0.1, 0.15) is 0 Å². The first-order chi connectivity index (χ1) is 7.82. The number of carbonyl (C=O) groups is 1. The molecule has 5 heteroatoms. The molecule has 1 aromatic carbocycles. The van der Waals surface area contributed by atoms with E-state index in [2.05, 4.69) is 21.2 Å². The first kappa shape index (κ1) is 17.3. The maximum absolute atomic E-state index is 11.9. The molecule has 0 aliphatic heterocycles. The van der Waals surface area contributed by atoms with Gasteiger partial charge in [0.05, 0.1) is 11.4 Å². The Morgan fingerprint density at radius 1 is 1.33 bits per heavy atom. The van der Waals surface area contributed by atoms with Crippen LogP contribution in [0.3, 0.4) is 0 Å². The molecular formula is C13H20BrClN2O. The van der Waals surface area contributed by atoms with E-state index in [-0.39, 0.29) is 24.2 Å². The van der Waals surface area contributed by atoms with Crippen molar-refractivity contribution in [2.24, 2.45) is 11.8 Å². The molecule has 0 heterocycles. The summed E-state index contributed by atoms with van der Waals surface area (Å²) in [6, 6.07) is 3.75. The molecular weight excluding hydrogens is 316 g/mol. The van der Waals surface area contributed by atoms with Gasteiger partial charge in [-0.25, -0.2) is 0 Å². The molecule has 0 saturated heterocycles. The van der Waals surface area contributed by atoms with Crippen LogP contribution in [-0.4, -0.2) is 5.91 Å². The maximum Gasteiger partial charge on any atom is 0.227 e. The van der Waals surface area contributed by atoms with Crippen LogP contribution in [0.4, 0.5) is 11.4 Å². The molecule has 0 saturated carbocycles. The van der Waals surface area contributed by atoms with Gasteiger partial charge in [0, 0.05) is 10.4 Å². The van der Waals surface area contributed by atoms with Crippen molar-refractivity contribution in [2.45, 2.75) is 27.7 Å². The van der Waals surface area contributed by atoms with Gasteiger partial charge < -0.3 is 11.1 Å². The number of aryl methyl sites for hydroxylation is 1. The van der Waals surface area contributed by atoms with E-state index in [4.69, 9.17) is 5.73 Å². The summed E-state index contributed by atoms with van der Waals surface area (Å²) in [7, 11) is 0. The molecule has 1 atom stereocenters. The second-order valence-electron chi connectivity index (χ2n) is 4.71. The summed E-state index contributed by atoms with van der Waals surface area (Å²) >= 11 is 3.40. The van der Waals surface area contributed by atoms with Gasteiger partial charge in [-0.05, 0) is 30.5 Å². The van der Waals surface area contributed by atoms with Crippen LogP contribution in [0.2, 0.25) is 0 Å². The third kappa shape index (κ3) is 4.18. The molecule has 0 radical (unpaired) electrons. The Kier molecular flexibility index (Phi) is 6.71. The first-order valence-electron chi connectivity index (χ1n) is 5.69. The van der Waals surface area contributed by atoms with Gasteiger partial charge in [-0.3, -0.25) is 4.79 Å². The highest BCUT2D eigenvalue weighted by atomic mass is 79.9. The fraction of sp³-hybridized carbons (Fsp3) is 0.462. The summed E-state index contributed by atoms with van der Waals surface area (Å²) in [5, 5.41) is 2.88. The SMILES string of the molecule is Cc1cc(Br)cc(NC(=O)C(C)C(C)C)c1N.Cl. The highest BCUT2D eigenvalue weighted by Gasteiger charge is 2.17. The van der Waals surface area contributed by atoms with Crippen molar-refractivity contribution >= 4 is 45.6 Å². The smallest absolute Gasteiger partial charge is 0.227 e. The topological polar surface area (TPSA) is 55.1 Å². The van der Waals surface area contributed by atoms with Crippen molar-refractivity contribution < 1.29 is 4.79 Å². The molecule has 0 aromatic heterocycles. The second-order valence-corrected chi connectivity index (χ2v) is 5.62. The van der Waals surface area contributed by atoms with Crippen LogP contribution < -0.4 is 11.1 Å². The van der Waals surface area contributed by atoms with Crippen molar-refractivity contribution in [1.82, 2.24) is 0 Å². The zero-order valence-electron chi connectivity index (χ0n) is 11.1. The normalized spacial score (nSPS) is 11.9. The third-order valence-electron chi connectivity index (χ3n) is 3.02. The molecule has 0 aliphatic rings. The van der Waals surface area contributed by atoms with Gasteiger partial charge in [0.25, 0.3) is 0 Å². The van der Waals surface area contributed by atoms with Gasteiger partial charge in [0.2, 0.25) is 5.91 Å². The van der Waals surface area contributed by atoms with Crippen LogP contribution in [-0.2, 0) is 4.79 Å². The quantitative estimate of drug-likeness (QED) is 0.821. The average Bonchev–Trinajstić information content (AvgIpc) is 2.23. The molecule has 0 spiro atoms. The fourth-order valence-electron chi connectivity index (χ4n) is 1.41. The summed E-state index contributed by atoms with van der Waals surface area (Å²) in [5.41, 5.74) is 8.19. The van der Waals surface area contributed by atoms with Gasteiger partial charge in [-0.2, -0.15) is 0 Å². The Balaban J connectivity index is 0.00000289. The largest absolute Gasteiger partial charge is 0.397 e. The number of carbonyl (C=O) groups excluding carboxylic acids is 1. The third-order valence-corrected chi connectivity index (χ3v) is 3.48. The maximum atomic E-state index is 11.9. The fourth-order valence-corrected chi connectivity index (χ4v) is 1.98. The van der Waals surface area contributed by atoms with E-state index in [1.165, 1.54) is 0 Å². The minimum atomic E-state index is -0.0336. The van der Waals surface area contributed by atoms with Crippen molar-refractivity contribution in [3.05, 3.63) is 22.2 Å². The second kappa shape index (κ2) is 7.00. The first-order valence-corrected chi connectivity index (χ1v) is 6.48. The molecule has 0 fully saturated rings. The van der Waals surface area contributed by atoms with Crippen LogP contribution in [0.5, 0.6) is 0 Å². The zero-order chi connectivity index (χ0) is 13.2.